The zero-order valence-corrected chi connectivity index (χ0v) is 15.1. The van der Waals surface area contributed by atoms with Crippen LogP contribution in [-0.2, 0) is 17.8 Å². The molecule has 1 heterocycles. The molecule has 2 aromatic rings. The van der Waals surface area contributed by atoms with Gasteiger partial charge in [0.1, 0.15) is 0 Å². The van der Waals surface area contributed by atoms with Crippen molar-refractivity contribution in [2.24, 2.45) is 0 Å². The van der Waals surface area contributed by atoms with Crippen LogP contribution in [0.3, 0.4) is 0 Å². The molecule has 134 valence electrons. The summed E-state index contributed by atoms with van der Waals surface area (Å²) in [5.74, 6) is 0. The Balaban J connectivity index is 1.70. The molecule has 0 spiro atoms. The fourth-order valence-electron chi connectivity index (χ4n) is 3.38. The summed E-state index contributed by atoms with van der Waals surface area (Å²) in [7, 11) is 0. The number of nitrogen functional groups attached to an aromatic ring is 1. The monoisotopic (exact) mass is 339 g/mol. The highest BCUT2D eigenvalue weighted by molar-refractivity contribution is 5.40. The Kier molecular flexibility index (Phi) is 6.45. The maximum Gasteiger partial charge on any atom is 0.0594 e. The molecule has 0 radical (unpaired) electrons. The molecule has 1 fully saturated rings. The van der Waals surface area contributed by atoms with E-state index in [0.29, 0.717) is 6.04 Å². The lowest BCUT2D eigenvalue weighted by molar-refractivity contribution is 0.0226. The summed E-state index contributed by atoms with van der Waals surface area (Å²) in [4.78, 5) is 5.05. The SMILES string of the molecule is CC(CN1CCOCC1)N(Cc1ccccc1)Cc1cccc(N)c1. The van der Waals surface area contributed by atoms with E-state index in [9.17, 15) is 0 Å². The van der Waals surface area contributed by atoms with Crippen molar-refractivity contribution in [1.82, 2.24) is 9.80 Å². The average Bonchev–Trinajstić information content (AvgIpc) is 2.63. The predicted octanol–water partition coefficient (Wildman–Crippen LogP) is 2.99. The van der Waals surface area contributed by atoms with Gasteiger partial charge in [-0.3, -0.25) is 9.80 Å². The summed E-state index contributed by atoms with van der Waals surface area (Å²) < 4.78 is 5.48. The Morgan fingerprint density at radius 2 is 1.68 bits per heavy atom. The Morgan fingerprint density at radius 1 is 1.00 bits per heavy atom. The molecule has 0 bridgehead atoms. The van der Waals surface area contributed by atoms with Crippen LogP contribution in [0.1, 0.15) is 18.1 Å². The van der Waals surface area contributed by atoms with Gasteiger partial charge in [0.2, 0.25) is 0 Å². The first kappa shape index (κ1) is 17.9. The number of nitrogens with two attached hydrogens (primary N) is 1. The molecular formula is C21H29N3O. The number of ether oxygens (including phenoxy) is 1. The molecule has 1 aliphatic heterocycles. The summed E-state index contributed by atoms with van der Waals surface area (Å²) in [5.41, 5.74) is 9.42. The minimum atomic E-state index is 0.458. The molecular weight excluding hydrogens is 310 g/mol. The predicted molar refractivity (Wildman–Crippen MR) is 103 cm³/mol. The average molecular weight is 339 g/mol. The normalized spacial score (nSPS) is 16.9. The van der Waals surface area contributed by atoms with Gasteiger partial charge in [0.25, 0.3) is 0 Å². The van der Waals surface area contributed by atoms with Crippen LogP contribution in [0.25, 0.3) is 0 Å². The maximum atomic E-state index is 5.97. The second-order valence-electron chi connectivity index (χ2n) is 6.90. The minimum absolute atomic E-state index is 0.458. The third-order valence-corrected chi connectivity index (χ3v) is 4.81. The largest absolute Gasteiger partial charge is 0.399 e. The van der Waals surface area contributed by atoms with Crippen molar-refractivity contribution in [2.45, 2.75) is 26.1 Å². The van der Waals surface area contributed by atoms with E-state index in [4.69, 9.17) is 10.5 Å². The number of hydrogen-bond donors (Lipinski definition) is 1. The van der Waals surface area contributed by atoms with Crippen molar-refractivity contribution in [3.05, 3.63) is 65.7 Å². The van der Waals surface area contributed by atoms with E-state index in [1.54, 1.807) is 0 Å². The molecule has 1 atom stereocenters. The van der Waals surface area contributed by atoms with Gasteiger partial charge in [-0.25, -0.2) is 0 Å². The van der Waals surface area contributed by atoms with Crippen LogP contribution in [0, 0.1) is 0 Å². The second kappa shape index (κ2) is 8.99. The summed E-state index contributed by atoms with van der Waals surface area (Å²) in [6.45, 7) is 9.00. The van der Waals surface area contributed by atoms with Gasteiger partial charge >= 0.3 is 0 Å². The first-order valence-corrected chi connectivity index (χ1v) is 9.13. The van der Waals surface area contributed by atoms with Crippen molar-refractivity contribution in [1.29, 1.82) is 0 Å². The zero-order chi connectivity index (χ0) is 17.5. The van der Waals surface area contributed by atoms with Crippen LogP contribution in [0.15, 0.2) is 54.6 Å². The lowest BCUT2D eigenvalue weighted by Gasteiger charge is -2.35. The van der Waals surface area contributed by atoms with Crippen LogP contribution in [0.2, 0.25) is 0 Å². The van der Waals surface area contributed by atoms with Gasteiger partial charge in [0, 0.05) is 44.5 Å². The minimum Gasteiger partial charge on any atom is -0.399 e. The van der Waals surface area contributed by atoms with E-state index >= 15 is 0 Å². The quantitative estimate of drug-likeness (QED) is 0.788. The summed E-state index contributed by atoms with van der Waals surface area (Å²) in [5, 5.41) is 0. The fraction of sp³-hybridized carbons (Fsp3) is 0.429. The number of benzene rings is 2. The summed E-state index contributed by atoms with van der Waals surface area (Å²) in [6, 6.07) is 19.4. The molecule has 25 heavy (non-hydrogen) atoms. The van der Waals surface area contributed by atoms with Crippen molar-refractivity contribution in [2.75, 3.05) is 38.6 Å². The number of nitrogens with zero attached hydrogens (tertiary/aromatic N) is 2. The Morgan fingerprint density at radius 3 is 2.40 bits per heavy atom. The van der Waals surface area contributed by atoms with E-state index < -0.39 is 0 Å². The highest BCUT2D eigenvalue weighted by Gasteiger charge is 2.19. The van der Waals surface area contributed by atoms with E-state index in [-0.39, 0.29) is 0 Å². The van der Waals surface area contributed by atoms with Gasteiger partial charge in [0.05, 0.1) is 13.2 Å². The van der Waals surface area contributed by atoms with Crippen molar-refractivity contribution in [3.63, 3.8) is 0 Å². The van der Waals surface area contributed by atoms with Gasteiger partial charge in [-0.1, -0.05) is 42.5 Å². The van der Waals surface area contributed by atoms with Gasteiger partial charge in [-0.05, 0) is 30.2 Å². The standard InChI is InChI=1S/C21H29N3O/c1-18(15-23-10-12-25-13-11-23)24(16-19-6-3-2-4-7-19)17-20-8-5-9-21(22)14-20/h2-9,14,18H,10-13,15-17,22H2,1H3. The van der Waals surface area contributed by atoms with E-state index in [1.807, 2.05) is 12.1 Å². The van der Waals surface area contributed by atoms with Gasteiger partial charge in [-0.15, -0.1) is 0 Å². The van der Waals surface area contributed by atoms with Gasteiger partial charge in [0.15, 0.2) is 0 Å². The smallest absolute Gasteiger partial charge is 0.0594 e. The van der Waals surface area contributed by atoms with Gasteiger partial charge in [-0.2, -0.15) is 0 Å². The molecule has 4 heteroatoms. The highest BCUT2D eigenvalue weighted by Crippen LogP contribution is 2.16. The van der Waals surface area contributed by atoms with Crippen molar-refractivity contribution >= 4 is 5.69 Å². The molecule has 1 saturated heterocycles. The van der Waals surface area contributed by atoms with Crippen LogP contribution in [0.4, 0.5) is 5.69 Å². The second-order valence-corrected chi connectivity index (χ2v) is 6.90. The van der Waals surface area contributed by atoms with Crippen LogP contribution >= 0.6 is 0 Å². The van der Waals surface area contributed by atoms with E-state index in [2.05, 4.69) is 59.2 Å². The first-order valence-electron chi connectivity index (χ1n) is 9.13. The maximum absolute atomic E-state index is 5.97. The number of morpholine rings is 1. The van der Waals surface area contributed by atoms with Gasteiger partial charge < -0.3 is 10.5 Å². The molecule has 2 aromatic carbocycles. The third kappa shape index (κ3) is 5.56. The summed E-state index contributed by atoms with van der Waals surface area (Å²) >= 11 is 0. The zero-order valence-electron chi connectivity index (χ0n) is 15.1. The number of rotatable bonds is 7. The number of hydrogen-bond acceptors (Lipinski definition) is 4. The molecule has 2 N–H and O–H groups in total. The lowest BCUT2D eigenvalue weighted by Crippen LogP contribution is -2.45. The van der Waals surface area contributed by atoms with E-state index in [0.717, 1.165) is 51.6 Å². The first-order chi connectivity index (χ1) is 12.2. The lowest BCUT2D eigenvalue weighted by atomic mass is 10.1. The van der Waals surface area contributed by atoms with Crippen LogP contribution in [-0.4, -0.2) is 48.7 Å². The third-order valence-electron chi connectivity index (χ3n) is 4.81. The summed E-state index contributed by atoms with van der Waals surface area (Å²) in [6.07, 6.45) is 0. The Bertz CT molecular complexity index is 641. The van der Waals surface area contributed by atoms with E-state index in [1.165, 1.54) is 11.1 Å². The topological polar surface area (TPSA) is 41.7 Å². The van der Waals surface area contributed by atoms with Crippen LogP contribution < -0.4 is 5.73 Å². The fourth-order valence-corrected chi connectivity index (χ4v) is 3.38. The molecule has 0 aromatic heterocycles. The molecule has 0 aliphatic carbocycles. The molecule has 1 aliphatic rings. The Labute approximate surface area is 151 Å². The molecule has 1 unspecified atom stereocenters. The highest BCUT2D eigenvalue weighted by atomic mass is 16.5. The Hall–Kier alpha value is -1.88. The molecule has 0 saturated carbocycles. The van der Waals surface area contributed by atoms with Crippen molar-refractivity contribution < 1.29 is 4.74 Å². The molecule has 4 nitrogen and oxygen atoms in total. The number of anilines is 1. The van der Waals surface area contributed by atoms with Crippen LogP contribution in [0.5, 0.6) is 0 Å². The molecule has 0 amide bonds. The molecule has 3 rings (SSSR count). The van der Waals surface area contributed by atoms with Crippen molar-refractivity contribution in [3.8, 4) is 0 Å².